The maximum atomic E-state index is 11.1. The van der Waals surface area contributed by atoms with Crippen molar-refractivity contribution in [2.45, 2.75) is 31.7 Å². The standard InChI is InChI=1S/C20H24N4O2/c1-2-21-19(22-14-16-8-6-7-11-18(16)24(25)26)23-15-20(12-13-20)17-9-4-3-5-10-17/h3-11H,2,12-15H2,1H3,(H2,21,22,23). The second-order valence-electron chi connectivity index (χ2n) is 6.58. The molecule has 0 bridgehead atoms. The molecule has 0 amide bonds. The lowest BCUT2D eigenvalue weighted by atomic mass is 9.96. The third kappa shape index (κ3) is 4.20. The highest BCUT2D eigenvalue weighted by molar-refractivity contribution is 5.80. The molecule has 6 heteroatoms. The monoisotopic (exact) mass is 352 g/mol. The van der Waals surface area contributed by atoms with E-state index >= 15 is 0 Å². The zero-order valence-corrected chi connectivity index (χ0v) is 14.9. The topological polar surface area (TPSA) is 79.6 Å². The number of nitrogens with zero attached hydrogens (tertiary/aromatic N) is 2. The molecule has 0 atom stereocenters. The zero-order chi connectivity index (χ0) is 18.4. The molecule has 2 aromatic carbocycles. The van der Waals surface area contributed by atoms with Crippen LogP contribution in [-0.4, -0.2) is 24.0 Å². The van der Waals surface area contributed by atoms with E-state index in [1.54, 1.807) is 18.2 Å². The van der Waals surface area contributed by atoms with Gasteiger partial charge in [-0.25, -0.2) is 4.99 Å². The lowest BCUT2D eigenvalue weighted by Crippen LogP contribution is -2.41. The smallest absolute Gasteiger partial charge is 0.274 e. The summed E-state index contributed by atoms with van der Waals surface area (Å²) in [6.45, 7) is 3.82. The minimum absolute atomic E-state index is 0.107. The van der Waals surface area contributed by atoms with Crippen LogP contribution in [0.2, 0.25) is 0 Å². The lowest BCUT2D eigenvalue weighted by Gasteiger charge is -2.19. The molecule has 1 fully saturated rings. The second-order valence-corrected chi connectivity index (χ2v) is 6.58. The molecule has 0 unspecified atom stereocenters. The molecule has 0 spiro atoms. The Kier molecular flexibility index (Phi) is 5.51. The molecule has 0 saturated heterocycles. The van der Waals surface area contributed by atoms with Crippen LogP contribution >= 0.6 is 0 Å². The molecule has 3 rings (SSSR count). The fourth-order valence-electron chi connectivity index (χ4n) is 3.09. The maximum absolute atomic E-state index is 11.1. The Morgan fingerprint density at radius 3 is 2.46 bits per heavy atom. The number of aliphatic imine (C=N–C) groups is 1. The number of para-hydroxylation sites is 1. The summed E-state index contributed by atoms with van der Waals surface area (Å²) < 4.78 is 0. The largest absolute Gasteiger partial charge is 0.357 e. The van der Waals surface area contributed by atoms with E-state index in [1.807, 2.05) is 13.0 Å². The Bertz CT molecular complexity index is 785. The van der Waals surface area contributed by atoms with Crippen LogP contribution in [0.5, 0.6) is 0 Å². The SMILES string of the molecule is CCNC(=NCc1ccccc1[N+](=O)[O-])NCC1(c2ccccc2)CC1. The first-order valence-electron chi connectivity index (χ1n) is 8.95. The highest BCUT2D eigenvalue weighted by Gasteiger charge is 2.43. The number of nitro benzene ring substituents is 1. The molecule has 136 valence electrons. The molecule has 2 aromatic rings. The van der Waals surface area contributed by atoms with Gasteiger partial charge in [0.25, 0.3) is 5.69 Å². The normalized spacial score (nSPS) is 15.3. The van der Waals surface area contributed by atoms with Gasteiger partial charge in [-0.3, -0.25) is 10.1 Å². The van der Waals surface area contributed by atoms with E-state index in [-0.39, 0.29) is 22.6 Å². The van der Waals surface area contributed by atoms with Gasteiger partial charge in [-0.05, 0) is 25.3 Å². The van der Waals surface area contributed by atoms with Crippen LogP contribution < -0.4 is 10.6 Å². The van der Waals surface area contributed by atoms with E-state index in [4.69, 9.17) is 0 Å². The van der Waals surface area contributed by atoms with Gasteiger partial charge in [0.15, 0.2) is 5.96 Å². The van der Waals surface area contributed by atoms with Gasteiger partial charge in [0, 0.05) is 24.6 Å². The van der Waals surface area contributed by atoms with E-state index in [1.165, 1.54) is 11.6 Å². The summed E-state index contributed by atoms with van der Waals surface area (Å²) in [7, 11) is 0. The molecule has 2 N–H and O–H groups in total. The average molecular weight is 352 g/mol. The lowest BCUT2D eigenvalue weighted by molar-refractivity contribution is -0.385. The van der Waals surface area contributed by atoms with Gasteiger partial charge in [-0.1, -0.05) is 48.5 Å². The Balaban J connectivity index is 1.68. The van der Waals surface area contributed by atoms with Gasteiger partial charge in [0.1, 0.15) is 0 Å². The highest BCUT2D eigenvalue weighted by Crippen LogP contribution is 2.47. The van der Waals surface area contributed by atoms with E-state index in [0.717, 1.165) is 25.9 Å². The van der Waals surface area contributed by atoms with Crippen molar-refractivity contribution in [2.75, 3.05) is 13.1 Å². The van der Waals surface area contributed by atoms with Crippen LogP contribution in [0.1, 0.15) is 30.9 Å². The number of hydrogen-bond acceptors (Lipinski definition) is 3. The quantitative estimate of drug-likeness (QED) is 0.346. The molecule has 0 heterocycles. The van der Waals surface area contributed by atoms with E-state index in [2.05, 4.69) is 39.9 Å². The van der Waals surface area contributed by atoms with Crippen LogP contribution in [0.3, 0.4) is 0 Å². The second kappa shape index (κ2) is 7.99. The summed E-state index contributed by atoms with van der Waals surface area (Å²) in [6, 6.07) is 17.3. The molecule has 0 radical (unpaired) electrons. The maximum Gasteiger partial charge on any atom is 0.274 e. The van der Waals surface area contributed by atoms with Crippen LogP contribution in [0.4, 0.5) is 5.69 Å². The predicted molar refractivity (Wildman–Crippen MR) is 103 cm³/mol. The van der Waals surface area contributed by atoms with E-state index < -0.39 is 0 Å². The molecule has 0 aromatic heterocycles. The first kappa shape index (κ1) is 17.9. The van der Waals surface area contributed by atoms with Gasteiger partial charge in [-0.2, -0.15) is 0 Å². The van der Waals surface area contributed by atoms with Crippen molar-refractivity contribution in [2.24, 2.45) is 4.99 Å². The summed E-state index contributed by atoms with van der Waals surface area (Å²) in [5.41, 5.74) is 2.24. The Morgan fingerprint density at radius 2 is 1.81 bits per heavy atom. The van der Waals surface area contributed by atoms with Gasteiger partial charge >= 0.3 is 0 Å². The van der Waals surface area contributed by atoms with Crippen LogP contribution in [-0.2, 0) is 12.0 Å². The molecule has 1 aliphatic rings. The summed E-state index contributed by atoms with van der Waals surface area (Å²) in [6.07, 6.45) is 2.32. The first-order chi connectivity index (χ1) is 12.6. The predicted octanol–water partition coefficient (Wildman–Crippen LogP) is 3.38. The van der Waals surface area contributed by atoms with Gasteiger partial charge in [0.2, 0.25) is 0 Å². The van der Waals surface area contributed by atoms with Gasteiger partial charge < -0.3 is 10.6 Å². The Morgan fingerprint density at radius 1 is 1.12 bits per heavy atom. The van der Waals surface area contributed by atoms with Crippen molar-refractivity contribution in [1.29, 1.82) is 0 Å². The average Bonchev–Trinajstić information content (AvgIpc) is 3.46. The van der Waals surface area contributed by atoms with Crippen LogP contribution in [0.15, 0.2) is 59.6 Å². The van der Waals surface area contributed by atoms with Crippen molar-refractivity contribution in [3.05, 3.63) is 75.8 Å². The summed E-state index contributed by atoms with van der Waals surface area (Å²) in [4.78, 5) is 15.3. The first-order valence-corrected chi connectivity index (χ1v) is 8.95. The summed E-state index contributed by atoms with van der Waals surface area (Å²) in [5, 5.41) is 17.8. The summed E-state index contributed by atoms with van der Waals surface area (Å²) in [5.74, 6) is 0.688. The number of rotatable bonds is 7. The molecule has 1 saturated carbocycles. The van der Waals surface area contributed by atoms with Crippen molar-refractivity contribution < 1.29 is 4.92 Å². The molecule has 26 heavy (non-hydrogen) atoms. The minimum atomic E-state index is -0.361. The van der Waals surface area contributed by atoms with Crippen molar-refractivity contribution in [1.82, 2.24) is 10.6 Å². The number of nitrogens with one attached hydrogen (secondary N) is 2. The third-order valence-corrected chi connectivity index (χ3v) is 4.77. The van der Waals surface area contributed by atoms with Crippen molar-refractivity contribution in [3.63, 3.8) is 0 Å². The van der Waals surface area contributed by atoms with E-state index in [9.17, 15) is 10.1 Å². The van der Waals surface area contributed by atoms with E-state index in [0.29, 0.717) is 11.5 Å². The van der Waals surface area contributed by atoms with Crippen LogP contribution in [0, 0.1) is 10.1 Å². The molecule has 1 aliphatic carbocycles. The third-order valence-electron chi connectivity index (χ3n) is 4.77. The molecule has 6 nitrogen and oxygen atoms in total. The fraction of sp³-hybridized carbons (Fsp3) is 0.350. The van der Waals surface area contributed by atoms with Crippen LogP contribution in [0.25, 0.3) is 0 Å². The van der Waals surface area contributed by atoms with Gasteiger partial charge in [-0.15, -0.1) is 0 Å². The number of hydrogen-bond donors (Lipinski definition) is 2. The Hall–Kier alpha value is -2.89. The highest BCUT2D eigenvalue weighted by atomic mass is 16.6. The molecule has 0 aliphatic heterocycles. The van der Waals surface area contributed by atoms with Crippen molar-refractivity contribution in [3.8, 4) is 0 Å². The minimum Gasteiger partial charge on any atom is -0.357 e. The Labute approximate surface area is 153 Å². The zero-order valence-electron chi connectivity index (χ0n) is 14.9. The summed E-state index contributed by atoms with van der Waals surface area (Å²) >= 11 is 0. The number of benzene rings is 2. The number of guanidine groups is 1. The molecular formula is C20H24N4O2. The van der Waals surface area contributed by atoms with Gasteiger partial charge in [0.05, 0.1) is 17.0 Å². The van der Waals surface area contributed by atoms with Crippen molar-refractivity contribution >= 4 is 11.6 Å². The number of nitro groups is 1. The molecular weight excluding hydrogens is 328 g/mol. The fourth-order valence-corrected chi connectivity index (χ4v) is 3.09.